The Hall–Kier alpha value is -0.340. The molecule has 0 spiro atoms. The summed E-state index contributed by atoms with van der Waals surface area (Å²) in [6.45, 7) is 0. The van der Waals surface area contributed by atoms with E-state index in [4.69, 9.17) is 0 Å². The molecule has 0 bridgehead atoms. The minimum Gasteiger partial charge on any atom is -0.354 e. The molecule has 17 heavy (non-hydrogen) atoms. The number of rotatable bonds is 2. The fourth-order valence-corrected chi connectivity index (χ4v) is 2.81. The topological polar surface area (TPSA) is 59.5 Å². The molecule has 1 aromatic heterocycles. The van der Waals surface area contributed by atoms with Gasteiger partial charge in [-0.3, -0.25) is 10.4 Å². The summed E-state index contributed by atoms with van der Waals surface area (Å²) in [6.07, 6.45) is 1.77. The number of H-pyrrole nitrogens is 1. The van der Waals surface area contributed by atoms with E-state index in [1.165, 1.54) is 0 Å². The van der Waals surface area contributed by atoms with E-state index < -0.39 is 0 Å². The van der Waals surface area contributed by atoms with Crippen molar-refractivity contribution in [2.45, 2.75) is 0 Å². The summed E-state index contributed by atoms with van der Waals surface area (Å²) in [5, 5.41) is 18.6. The van der Waals surface area contributed by atoms with Crippen LogP contribution in [0.2, 0.25) is 0 Å². The highest BCUT2D eigenvalue weighted by Gasteiger charge is 2.17. The maximum atomic E-state index is 9.27. The van der Waals surface area contributed by atoms with E-state index in [9.17, 15) is 10.4 Å². The van der Waals surface area contributed by atoms with Crippen LogP contribution in [0.5, 0.6) is 0 Å². The summed E-state index contributed by atoms with van der Waals surface area (Å²) in [4.78, 5) is 2.99. The Morgan fingerprint density at radius 3 is 2.29 bits per heavy atom. The Balaban J connectivity index is 2.67. The van der Waals surface area contributed by atoms with Gasteiger partial charge in [-0.15, -0.1) is 5.23 Å². The van der Waals surface area contributed by atoms with Crippen molar-refractivity contribution in [1.29, 1.82) is 0 Å². The van der Waals surface area contributed by atoms with Crippen LogP contribution in [0.1, 0.15) is 0 Å². The zero-order chi connectivity index (χ0) is 12.6. The zero-order valence-corrected chi connectivity index (χ0v) is 13.0. The minimum absolute atomic E-state index is 0.104. The second-order valence-corrected chi connectivity index (χ2v) is 5.70. The van der Waals surface area contributed by atoms with E-state index >= 15 is 0 Å². The van der Waals surface area contributed by atoms with Gasteiger partial charge in [-0.2, -0.15) is 0 Å². The number of aromatic amines is 1. The maximum absolute atomic E-state index is 9.27. The molecule has 0 unspecified atom stereocenters. The first-order valence-electron chi connectivity index (χ1n) is 4.51. The standard InChI is InChI=1S/C10H7Br3N2O2/c11-7-3-1-2-5(9(7)15(16)17)6-4-14-10(13)8(6)12/h1-4,14,16-17H. The lowest BCUT2D eigenvalue weighted by molar-refractivity contribution is 0.0291. The number of nitrogens with zero attached hydrogens (tertiary/aromatic N) is 1. The van der Waals surface area contributed by atoms with Crippen molar-refractivity contribution >= 4 is 53.5 Å². The summed E-state index contributed by atoms with van der Waals surface area (Å²) in [6, 6.07) is 5.34. The summed E-state index contributed by atoms with van der Waals surface area (Å²) < 4.78 is 2.20. The highest BCUT2D eigenvalue weighted by atomic mass is 79.9. The van der Waals surface area contributed by atoms with Crippen molar-refractivity contribution in [3.05, 3.63) is 37.9 Å². The Morgan fingerprint density at radius 2 is 1.76 bits per heavy atom. The molecule has 0 saturated heterocycles. The van der Waals surface area contributed by atoms with Crippen molar-refractivity contribution in [1.82, 2.24) is 4.98 Å². The second kappa shape index (κ2) is 5.11. The maximum Gasteiger partial charge on any atom is 0.116 e. The quantitative estimate of drug-likeness (QED) is 0.617. The molecule has 7 heteroatoms. The SMILES string of the molecule is ON(O)c1c(Br)cccc1-c1c[nH]c(Br)c1Br. The highest BCUT2D eigenvalue weighted by Crippen LogP contribution is 2.41. The van der Waals surface area contributed by atoms with E-state index in [0.29, 0.717) is 10.0 Å². The molecule has 1 heterocycles. The molecule has 2 aromatic rings. The van der Waals surface area contributed by atoms with Crippen LogP contribution in [0.4, 0.5) is 5.69 Å². The van der Waals surface area contributed by atoms with E-state index in [1.54, 1.807) is 18.3 Å². The van der Waals surface area contributed by atoms with Crippen molar-refractivity contribution < 1.29 is 10.4 Å². The molecule has 0 aliphatic heterocycles. The van der Waals surface area contributed by atoms with Crippen molar-refractivity contribution in [3.8, 4) is 11.1 Å². The van der Waals surface area contributed by atoms with Gasteiger partial charge in [0.05, 0.1) is 9.08 Å². The molecule has 0 amide bonds. The monoisotopic (exact) mass is 424 g/mol. The van der Waals surface area contributed by atoms with Gasteiger partial charge in [0.2, 0.25) is 0 Å². The lowest BCUT2D eigenvalue weighted by Gasteiger charge is -2.15. The highest BCUT2D eigenvalue weighted by molar-refractivity contribution is 9.13. The Bertz CT molecular complexity index is 554. The molecule has 0 aliphatic rings. The average molecular weight is 427 g/mol. The van der Waals surface area contributed by atoms with E-state index in [2.05, 4.69) is 52.8 Å². The number of hydrogen-bond acceptors (Lipinski definition) is 3. The molecule has 2 rings (SSSR count). The molecule has 0 radical (unpaired) electrons. The van der Waals surface area contributed by atoms with E-state index in [0.717, 1.165) is 14.6 Å². The van der Waals surface area contributed by atoms with Gasteiger partial charge < -0.3 is 4.98 Å². The molecule has 0 fully saturated rings. The summed E-state index contributed by atoms with van der Waals surface area (Å²) >= 11 is 10.0. The summed E-state index contributed by atoms with van der Waals surface area (Å²) in [5.41, 5.74) is 1.78. The van der Waals surface area contributed by atoms with Crippen molar-refractivity contribution in [3.63, 3.8) is 0 Å². The predicted molar refractivity (Wildman–Crippen MR) is 75.4 cm³/mol. The number of para-hydroxylation sites is 1. The predicted octanol–water partition coefficient (Wildman–Crippen LogP) is 4.55. The molecule has 0 atom stereocenters. The number of anilines is 1. The summed E-state index contributed by atoms with van der Waals surface area (Å²) in [5.74, 6) is 0. The number of hydrogen-bond donors (Lipinski definition) is 3. The van der Waals surface area contributed by atoms with Gasteiger partial charge in [0.25, 0.3) is 0 Å². The van der Waals surface area contributed by atoms with Crippen LogP contribution in [0.25, 0.3) is 11.1 Å². The van der Waals surface area contributed by atoms with Crippen molar-refractivity contribution in [2.75, 3.05) is 5.23 Å². The molecule has 1 aromatic carbocycles. The van der Waals surface area contributed by atoms with Crippen LogP contribution in [0.3, 0.4) is 0 Å². The van der Waals surface area contributed by atoms with Gasteiger partial charge in [-0.05, 0) is 53.9 Å². The molecule has 0 saturated carbocycles. The third-order valence-corrected chi connectivity index (χ3v) is 4.87. The van der Waals surface area contributed by atoms with Crippen LogP contribution >= 0.6 is 47.8 Å². The van der Waals surface area contributed by atoms with Crippen LogP contribution < -0.4 is 5.23 Å². The van der Waals surface area contributed by atoms with Gasteiger partial charge in [0.1, 0.15) is 5.69 Å². The lowest BCUT2D eigenvalue weighted by Crippen LogP contribution is -2.12. The molecule has 3 N–H and O–H groups in total. The Kier molecular flexibility index (Phi) is 3.94. The first kappa shape index (κ1) is 13.1. The van der Waals surface area contributed by atoms with Gasteiger partial charge >= 0.3 is 0 Å². The van der Waals surface area contributed by atoms with Gasteiger partial charge in [-0.1, -0.05) is 12.1 Å². The van der Waals surface area contributed by atoms with Gasteiger partial charge in [-0.25, -0.2) is 0 Å². The number of nitrogens with one attached hydrogen (secondary N) is 1. The van der Waals surface area contributed by atoms with Crippen LogP contribution in [0, 0.1) is 0 Å². The number of aromatic nitrogens is 1. The average Bonchev–Trinajstić information content (AvgIpc) is 2.59. The Morgan fingerprint density at radius 1 is 1.06 bits per heavy atom. The molecule has 90 valence electrons. The first-order chi connectivity index (χ1) is 8.02. The molecule has 4 nitrogen and oxygen atoms in total. The first-order valence-corrected chi connectivity index (χ1v) is 6.89. The fourth-order valence-electron chi connectivity index (χ4n) is 1.51. The van der Waals surface area contributed by atoms with Crippen LogP contribution in [0.15, 0.2) is 37.9 Å². The van der Waals surface area contributed by atoms with Gasteiger partial charge in [0, 0.05) is 21.8 Å². The summed E-state index contributed by atoms with van der Waals surface area (Å²) in [7, 11) is 0. The number of halogens is 3. The van der Waals surface area contributed by atoms with E-state index in [1.807, 2.05) is 6.07 Å². The third-order valence-electron chi connectivity index (χ3n) is 2.25. The van der Waals surface area contributed by atoms with Crippen LogP contribution in [-0.4, -0.2) is 15.4 Å². The second-order valence-electron chi connectivity index (χ2n) is 3.26. The normalized spacial score (nSPS) is 10.6. The molecular formula is C10H7Br3N2O2. The third kappa shape index (κ3) is 2.43. The van der Waals surface area contributed by atoms with Gasteiger partial charge in [0.15, 0.2) is 0 Å². The smallest absolute Gasteiger partial charge is 0.116 e. The molecular weight excluding hydrogens is 420 g/mol. The molecule has 0 aliphatic carbocycles. The largest absolute Gasteiger partial charge is 0.354 e. The lowest BCUT2D eigenvalue weighted by atomic mass is 10.1. The minimum atomic E-state index is 0.104. The Labute approximate surface area is 123 Å². The fraction of sp³-hybridized carbons (Fsp3) is 0. The zero-order valence-electron chi connectivity index (χ0n) is 8.28. The van der Waals surface area contributed by atoms with E-state index in [-0.39, 0.29) is 10.9 Å². The van der Waals surface area contributed by atoms with Crippen LogP contribution in [-0.2, 0) is 0 Å². The number of benzene rings is 1. The van der Waals surface area contributed by atoms with Crippen molar-refractivity contribution in [2.24, 2.45) is 0 Å².